The number of nitrogens with one attached hydrogen (secondary N) is 1. The summed E-state index contributed by atoms with van der Waals surface area (Å²) in [6.45, 7) is 5.99. The van der Waals surface area contributed by atoms with Crippen molar-refractivity contribution in [2.24, 2.45) is 11.8 Å². The number of rotatable bonds is 8. The molecule has 178 valence electrons. The van der Waals surface area contributed by atoms with Crippen molar-refractivity contribution in [1.29, 1.82) is 0 Å². The van der Waals surface area contributed by atoms with Crippen LogP contribution in [-0.4, -0.2) is 50.1 Å². The fourth-order valence-corrected chi connectivity index (χ4v) is 5.07. The van der Waals surface area contributed by atoms with E-state index in [9.17, 15) is 14.4 Å². The Labute approximate surface area is 198 Å². The normalized spacial score (nSPS) is 22.5. The van der Waals surface area contributed by atoms with E-state index in [0.717, 1.165) is 11.4 Å². The van der Waals surface area contributed by atoms with Gasteiger partial charge in [-0.1, -0.05) is 32.0 Å². The number of hydrogen-bond acceptors (Lipinski definition) is 8. The van der Waals surface area contributed by atoms with E-state index >= 15 is 0 Å². The standard InChI is InChI=1S/C25H31NO6S/c1-6-33-12-11-32-25(29)20-15(3)26-17-13-14(2)19(24(28)31-5)23(27)22(17)21(20)16-9-7-8-10-18(16)30-4/h7-10,14,19,21,26H,6,11-13H2,1-5H3. The van der Waals surface area contributed by atoms with Crippen LogP contribution in [0.5, 0.6) is 5.75 Å². The van der Waals surface area contributed by atoms with Crippen LogP contribution in [0.25, 0.3) is 0 Å². The van der Waals surface area contributed by atoms with Crippen LogP contribution in [0.1, 0.15) is 38.7 Å². The summed E-state index contributed by atoms with van der Waals surface area (Å²) in [7, 11) is 2.83. The van der Waals surface area contributed by atoms with Gasteiger partial charge in [-0.25, -0.2) is 4.79 Å². The number of hydrogen-bond donors (Lipinski definition) is 1. The van der Waals surface area contributed by atoms with Gasteiger partial charge >= 0.3 is 11.9 Å². The first-order valence-corrected chi connectivity index (χ1v) is 12.2. The minimum Gasteiger partial charge on any atom is -0.496 e. The van der Waals surface area contributed by atoms with E-state index in [1.54, 1.807) is 24.9 Å². The molecule has 0 saturated heterocycles. The van der Waals surface area contributed by atoms with Gasteiger partial charge in [-0.15, -0.1) is 0 Å². The summed E-state index contributed by atoms with van der Waals surface area (Å²) in [5.74, 6) is -1.08. The second-order valence-electron chi connectivity index (χ2n) is 8.11. The third kappa shape index (κ3) is 4.95. The second kappa shape index (κ2) is 10.9. The van der Waals surface area contributed by atoms with E-state index in [1.807, 2.05) is 39.0 Å². The zero-order valence-electron chi connectivity index (χ0n) is 19.7. The van der Waals surface area contributed by atoms with Gasteiger partial charge in [0.25, 0.3) is 0 Å². The van der Waals surface area contributed by atoms with Gasteiger partial charge in [-0.3, -0.25) is 9.59 Å². The van der Waals surface area contributed by atoms with Gasteiger partial charge in [0.05, 0.1) is 25.7 Å². The number of benzene rings is 1. The summed E-state index contributed by atoms with van der Waals surface area (Å²) < 4.78 is 16.1. The van der Waals surface area contributed by atoms with Crippen molar-refractivity contribution in [2.75, 3.05) is 32.3 Å². The number of methoxy groups -OCH3 is 2. The lowest BCUT2D eigenvalue weighted by Crippen LogP contribution is -2.43. The lowest BCUT2D eigenvalue weighted by molar-refractivity contribution is -0.151. The highest BCUT2D eigenvalue weighted by Crippen LogP contribution is 2.47. The van der Waals surface area contributed by atoms with Crippen LogP contribution in [0.3, 0.4) is 0 Å². The van der Waals surface area contributed by atoms with E-state index < -0.39 is 23.8 Å². The first-order valence-electron chi connectivity index (χ1n) is 11.1. The van der Waals surface area contributed by atoms with E-state index in [-0.39, 0.29) is 18.3 Å². The minimum absolute atomic E-state index is 0.234. The van der Waals surface area contributed by atoms with Gasteiger partial charge < -0.3 is 19.5 Å². The van der Waals surface area contributed by atoms with Crippen LogP contribution in [0.2, 0.25) is 0 Å². The van der Waals surface area contributed by atoms with Crippen molar-refractivity contribution in [2.45, 2.75) is 33.1 Å². The maximum Gasteiger partial charge on any atom is 0.336 e. The Morgan fingerprint density at radius 2 is 1.94 bits per heavy atom. The van der Waals surface area contributed by atoms with Gasteiger partial charge in [0.2, 0.25) is 0 Å². The molecular weight excluding hydrogens is 442 g/mol. The number of allylic oxidation sites excluding steroid dienone is 3. The van der Waals surface area contributed by atoms with Crippen LogP contribution >= 0.6 is 11.8 Å². The predicted molar refractivity (Wildman–Crippen MR) is 127 cm³/mol. The monoisotopic (exact) mass is 473 g/mol. The van der Waals surface area contributed by atoms with Gasteiger partial charge in [-0.05, 0) is 31.1 Å². The zero-order chi connectivity index (χ0) is 24.1. The first kappa shape index (κ1) is 24.9. The molecule has 7 nitrogen and oxygen atoms in total. The second-order valence-corrected chi connectivity index (χ2v) is 9.50. The number of carbonyl (C=O) groups excluding carboxylic acids is 3. The molecule has 1 aliphatic heterocycles. The van der Waals surface area contributed by atoms with Crippen molar-refractivity contribution in [1.82, 2.24) is 5.32 Å². The quantitative estimate of drug-likeness (QED) is 0.348. The van der Waals surface area contributed by atoms with Crippen molar-refractivity contribution < 1.29 is 28.6 Å². The molecule has 1 heterocycles. The van der Waals surface area contributed by atoms with Gasteiger partial charge in [-0.2, -0.15) is 11.8 Å². The van der Waals surface area contributed by atoms with Crippen molar-refractivity contribution >= 4 is 29.5 Å². The van der Waals surface area contributed by atoms with Gasteiger partial charge in [0.1, 0.15) is 18.3 Å². The van der Waals surface area contributed by atoms with E-state index in [1.165, 1.54) is 7.11 Å². The number of para-hydroxylation sites is 1. The number of esters is 2. The molecule has 3 atom stereocenters. The Hall–Kier alpha value is -2.74. The molecule has 1 aromatic rings. The van der Waals surface area contributed by atoms with Gasteiger partial charge in [0.15, 0.2) is 5.78 Å². The van der Waals surface area contributed by atoms with Crippen LogP contribution in [0, 0.1) is 11.8 Å². The smallest absolute Gasteiger partial charge is 0.336 e. The summed E-state index contributed by atoms with van der Waals surface area (Å²) in [6, 6.07) is 7.30. The highest BCUT2D eigenvalue weighted by atomic mass is 32.2. The Morgan fingerprint density at radius 3 is 2.61 bits per heavy atom. The maximum atomic E-state index is 13.7. The minimum atomic E-state index is -0.926. The number of carbonyl (C=O) groups is 3. The molecule has 0 aromatic heterocycles. The summed E-state index contributed by atoms with van der Waals surface area (Å²) >= 11 is 1.68. The lowest BCUT2D eigenvalue weighted by Gasteiger charge is -2.38. The number of thioether (sulfide) groups is 1. The molecule has 3 rings (SSSR count). The Kier molecular flexibility index (Phi) is 8.24. The van der Waals surface area contributed by atoms with Gasteiger partial charge in [0, 0.05) is 28.3 Å². The fourth-order valence-electron chi connectivity index (χ4n) is 4.58. The molecule has 3 unspecified atom stereocenters. The molecule has 1 N–H and O–H groups in total. The van der Waals surface area contributed by atoms with E-state index in [0.29, 0.717) is 40.3 Å². The number of ketones is 1. The molecule has 1 aromatic carbocycles. The van der Waals surface area contributed by atoms with Crippen LogP contribution in [-0.2, 0) is 23.9 Å². The predicted octanol–water partition coefficient (Wildman–Crippen LogP) is 3.60. The molecule has 0 saturated carbocycles. The van der Waals surface area contributed by atoms with Crippen LogP contribution in [0.15, 0.2) is 46.8 Å². The SMILES string of the molecule is CCSCCOC(=O)C1=C(C)NC2=C(C(=O)C(C(=O)OC)C(C)C2)C1c1ccccc1OC. The number of Topliss-reactive ketones (excluding diaryl/α,β-unsaturated/α-hetero) is 1. The Bertz CT molecular complexity index is 998. The largest absolute Gasteiger partial charge is 0.496 e. The van der Waals surface area contributed by atoms with E-state index in [4.69, 9.17) is 14.2 Å². The fraction of sp³-hybridized carbons (Fsp3) is 0.480. The molecule has 8 heteroatoms. The lowest BCUT2D eigenvalue weighted by atomic mass is 9.69. The Balaban J connectivity index is 2.12. The number of dihydropyridines is 1. The molecule has 0 spiro atoms. The molecule has 0 radical (unpaired) electrons. The summed E-state index contributed by atoms with van der Waals surface area (Å²) in [5, 5.41) is 3.27. The molecule has 0 amide bonds. The van der Waals surface area contributed by atoms with Crippen molar-refractivity contribution in [3.8, 4) is 5.75 Å². The molecule has 0 bridgehead atoms. The van der Waals surface area contributed by atoms with Crippen LogP contribution in [0.4, 0.5) is 0 Å². The average Bonchev–Trinajstić information content (AvgIpc) is 2.80. The highest BCUT2D eigenvalue weighted by Gasteiger charge is 2.47. The summed E-state index contributed by atoms with van der Waals surface area (Å²) in [5.41, 5.74) is 2.78. The van der Waals surface area contributed by atoms with E-state index in [2.05, 4.69) is 5.32 Å². The highest BCUT2D eigenvalue weighted by molar-refractivity contribution is 7.99. The van der Waals surface area contributed by atoms with Crippen molar-refractivity contribution in [3.63, 3.8) is 0 Å². The summed E-state index contributed by atoms with van der Waals surface area (Å²) in [6.07, 6.45) is 0.485. The third-order valence-corrected chi connectivity index (χ3v) is 6.94. The van der Waals surface area contributed by atoms with Crippen LogP contribution < -0.4 is 10.1 Å². The van der Waals surface area contributed by atoms with Crippen molar-refractivity contribution in [3.05, 3.63) is 52.4 Å². The summed E-state index contributed by atoms with van der Waals surface area (Å²) in [4.78, 5) is 39.5. The molecule has 33 heavy (non-hydrogen) atoms. The third-order valence-electron chi connectivity index (χ3n) is 6.08. The molecule has 1 aliphatic carbocycles. The average molecular weight is 474 g/mol. The molecule has 2 aliphatic rings. The Morgan fingerprint density at radius 1 is 1.21 bits per heavy atom. The first-order chi connectivity index (χ1) is 15.8. The topological polar surface area (TPSA) is 90.9 Å². The number of ether oxygens (including phenoxy) is 3. The maximum absolute atomic E-state index is 13.7. The molecule has 0 fully saturated rings. The molecular formula is C25H31NO6S. The zero-order valence-corrected chi connectivity index (χ0v) is 20.5.